The van der Waals surface area contributed by atoms with E-state index in [1.165, 1.54) is 7.11 Å². The van der Waals surface area contributed by atoms with Gasteiger partial charge in [-0.3, -0.25) is 9.59 Å². The molecule has 0 saturated carbocycles. The minimum absolute atomic E-state index is 0.185. The van der Waals surface area contributed by atoms with Crippen LogP contribution in [0, 0.1) is 5.92 Å². The van der Waals surface area contributed by atoms with Crippen LogP contribution in [0.4, 0.5) is 0 Å². The van der Waals surface area contributed by atoms with Gasteiger partial charge in [0.05, 0.1) is 5.92 Å². The summed E-state index contributed by atoms with van der Waals surface area (Å²) in [4.78, 5) is 24.8. The van der Waals surface area contributed by atoms with Gasteiger partial charge in [-0.05, 0) is 20.3 Å². The van der Waals surface area contributed by atoms with Gasteiger partial charge in [-0.2, -0.15) is 0 Å². The van der Waals surface area contributed by atoms with Crippen molar-refractivity contribution in [1.82, 2.24) is 0 Å². The summed E-state index contributed by atoms with van der Waals surface area (Å²) >= 11 is 0. The van der Waals surface area contributed by atoms with Crippen LogP contribution in [0.5, 0.6) is 0 Å². The van der Waals surface area contributed by atoms with Crippen LogP contribution in [0.3, 0.4) is 0 Å². The predicted molar refractivity (Wildman–Crippen MR) is 75.2 cm³/mol. The van der Waals surface area contributed by atoms with E-state index in [1.807, 2.05) is 6.07 Å². The van der Waals surface area contributed by atoms with E-state index in [0.717, 1.165) is 0 Å². The number of carbonyl (C=O) groups is 2. The van der Waals surface area contributed by atoms with E-state index in [2.05, 4.69) is 6.58 Å². The van der Waals surface area contributed by atoms with Gasteiger partial charge in [0.25, 0.3) is 0 Å². The first-order chi connectivity index (χ1) is 8.94. The molecule has 1 rings (SSSR count). The lowest BCUT2D eigenvalue weighted by Gasteiger charge is -2.25. The molecule has 3 heteroatoms. The van der Waals surface area contributed by atoms with Crippen molar-refractivity contribution in [3.8, 4) is 0 Å². The predicted octanol–water partition coefficient (Wildman–Crippen LogP) is 3.06. The van der Waals surface area contributed by atoms with Gasteiger partial charge in [-0.1, -0.05) is 36.4 Å². The monoisotopic (exact) mass is 260 g/mol. The van der Waals surface area contributed by atoms with E-state index >= 15 is 0 Å². The van der Waals surface area contributed by atoms with E-state index in [-0.39, 0.29) is 11.6 Å². The van der Waals surface area contributed by atoms with Crippen LogP contribution < -0.4 is 0 Å². The van der Waals surface area contributed by atoms with Crippen molar-refractivity contribution in [2.45, 2.75) is 25.9 Å². The molecule has 0 aromatic heterocycles. The fourth-order valence-corrected chi connectivity index (χ4v) is 1.82. The Morgan fingerprint density at radius 3 is 2.37 bits per heavy atom. The number of Topliss-reactive ketones (excluding diaryl/α,β-unsaturated/α-hetero) is 2. The third-order valence-corrected chi connectivity index (χ3v) is 3.20. The maximum Gasteiger partial charge on any atom is 0.175 e. The van der Waals surface area contributed by atoms with Gasteiger partial charge in [0.1, 0.15) is 5.60 Å². The Morgan fingerprint density at radius 1 is 1.32 bits per heavy atom. The van der Waals surface area contributed by atoms with E-state index in [9.17, 15) is 9.59 Å². The number of allylic oxidation sites excluding steroid dienone is 1. The number of hydrogen-bond acceptors (Lipinski definition) is 3. The molecule has 19 heavy (non-hydrogen) atoms. The first kappa shape index (κ1) is 15.3. The van der Waals surface area contributed by atoms with Gasteiger partial charge in [0.15, 0.2) is 11.6 Å². The summed E-state index contributed by atoms with van der Waals surface area (Å²) in [5.41, 5.74) is -0.437. The highest BCUT2D eigenvalue weighted by Crippen LogP contribution is 2.22. The normalized spacial score (nSPS) is 12.8. The summed E-state index contributed by atoms with van der Waals surface area (Å²) < 4.78 is 5.18. The van der Waals surface area contributed by atoms with Gasteiger partial charge in [-0.15, -0.1) is 6.58 Å². The fraction of sp³-hybridized carbons (Fsp3) is 0.375. The topological polar surface area (TPSA) is 43.4 Å². The molecule has 0 amide bonds. The summed E-state index contributed by atoms with van der Waals surface area (Å²) in [5, 5.41) is 0. The minimum Gasteiger partial charge on any atom is -0.371 e. The number of methoxy groups -OCH3 is 1. The molecular formula is C16H20O3. The lowest BCUT2D eigenvalue weighted by molar-refractivity contribution is -0.139. The Labute approximate surface area is 114 Å². The Bertz CT molecular complexity index is 460. The molecule has 1 unspecified atom stereocenters. The number of hydrogen-bond donors (Lipinski definition) is 0. The third-order valence-electron chi connectivity index (χ3n) is 3.20. The van der Waals surface area contributed by atoms with Crippen LogP contribution in [0.15, 0.2) is 43.0 Å². The number of ketones is 2. The van der Waals surface area contributed by atoms with Crippen LogP contribution in [0.25, 0.3) is 0 Å². The summed E-state index contributed by atoms with van der Waals surface area (Å²) in [6, 6.07) is 8.82. The van der Waals surface area contributed by atoms with E-state index in [1.54, 1.807) is 44.2 Å². The lowest BCUT2D eigenvalue weighted by atomic mass is 9.84. The Hall–Kier alpha value is -1.74. The molecule has 1 aromatic carbocycles. The van der Waals surface area contributed by atoms with Crippen molar-refractivity contribution >= 4 is 11.6 Å². The Morgan fingerprint density at radius 2 is 1.89 bits per heavy atom. The Kier molecular flexibility index (Phi) is 5.19. The van der Waals surface area contributed by atoms with Gasteiger partial charge in [0.2, 0.25) is 0 Å². The maximum atomic E-state index is 12.4. The van der Waals surface area contributed by atoms with Crippen molar-refractivity contribution in [3.05, 3.63) is 48.6 Å². The molecular weight excluding hydrogens is 240 g/mol. The molecule has 0 spiro atoms. The highest BCUT2D eigenvalue weighted by Gasteiger charge is 2.37. The van der Waals surface area contributed by atoms with E-state index in [4.69, 9.17) is 4.74 Å². The second kappa shape index (κ2) is 6.43. The average molecular weight is 260 g/mol. The van der Waals surface area contributed by atoms with Gasteiger partial charge < -0.3 is 4.74 Å². The van der Waals surface area contributed by atoms with Gasteiger partial charge >= 0.3 is 0 Å². The zero-order valence-corrected chi connectivity index (χ0v) is 11.7. The lowest BCUT2D eigenvalue weighted by Crippen LogP contribution is -2.41. The van der Waals surface area contributed by atoms with E-state index in [0.29, 0.717) is 12.0 Å². The zero-order chi connectivity index (χ0) is 14.5. The average Bonchev–Trinajstić information content (AvgIpc) is 2.44. The molecule has 0 aliphatic carbocycles. The molecule has 0 heterocycles. The van der Waals surface area contributed by atoms with Crippen LogP contribution in [0.2, 0.25) is 0 Å². The minimum atomic E-state index is -0.974. The largest absolute Gasteiger partial charge is 0.371 e. The van der Waals surface area contributed by atoms with E-state index < -0.39 is 11.5 Å². The van der Waals surface area contributed by atoms with Crippen molar-refractivity contribution in [2.24, 2.45) is 5.92 Å². The fourth-order valence-electron chi connectivity index (χ4n) is 1.82. The smallest absolute Gasteiger partial charge is 0.175 e. The molecule has 0 radical (unpaired) electrons. The molecule has 1 aromatic rings. The molecule has 1 atom stereocenters. The molecule has 0 N–H and O–H groups in total. The molecule has 0 saturated heterocycles. The van der Waals surface area contributed by atoms with Crippen molar-refractivity contribution < 1.29 is 14.3 Å². The molecule has 0 bridgehead atoms. The van der Waals surface area contributed by atoms with Crippen LogP contribution in [-0.2, 0) is 9.53 Å². The Balaban J connectivity index is 3.05. The molecule has 0 aliphatic heterocycles. The summed E-state index contributed by atoms with van der Waals surface area (Å²) in [7, 11) is 1.47. The van der Waals surface area contributed by atoms with Crippen molar-refractivity contribution in [3.63, 3.8) is 0 Å². The standard InChI is InChI=1S/C16H20O3/c1-5-9-13(15(18)16(2,3)19-4)14(17)12-10-7-6-8-11-12/h5-8,10-11,13H,1,9H2,2-4H3. The van der Waals surface area contributed by atoms with Crippen LogP contribution >= 0.6 is 0 Å². The van der Waals surface area contributed by atoms with Crippen LogP contribution in [-0.4, -0.2) is 24.3 Å². The maximum absolute atomic E-state index is 12.4. The zero-order valence-electron chi connectivity index (χ0n) is 11.7. The van der Waals surface area contributed by atoms with Crippen molar-refractivity contribution in [1.29, 1.82) is 0 Å². The molecule has 3 nitrogen and oxygen atoms in total. The third kappa shape index (κ3) is 3.61. The van der Waals surface area contributed by atoms with Gasteiger partial charge in [-0.25, -0.2) is 0 Å². The highest BCUT2D eigenvalue weighted by atomic mass is 16.5. The van der Waals surface area contributed by atoms with Gasteiger partial charge in [0, 0.05) is 12.7 Å². The number of carbonyl (C=O) groups excluding carboxylic acids is 2. The summed E-state index contributed by atoms with van der Waals surface area (Å²) in [5.74, 6) is -1.14. The number of benzene rings is 1. The number of rotatable bonds is 7. The van der Waals surface area contributed by atoms with Crippen LogP contribution in [0.1, 0.15) is 30.6 Å². The second-order valence-electron chi connectivity index (χ2n) is 4.89. The molecule has 0 aliphatic rings. The quantitative estimate of drug-likeness (QED) is 0.430. The van der Waals surface area contributed by atoms with Crippen molar-refractivity contribution in [2.75, 3.05) is 7.11 Å². The highest BCUT2D eigenvalue weighted by molar-refractivity contribution is 6.12. The first-order valence-corrected chi connectivity index (χ1v) is 6.23. The molecule has 0 fully saturated rings. The molecule has 102 valence electrons. The SMILES string of the molecule is C=CCC(C(=O)c1ccccc1)C(=O)C(C)(C)OC. The number of ether oxygens (including phenoxy) is 1. The first-order valence-electron chi connectivity index (χ1n) is 6.23. The summed E-state index contributed by atoms with van der Waals surface area (Å²) in [6.45, 7) is 6.96. The second-order valence-corrected chi connectivity index (χ2v) is 4.89. The summed E-state index contributed by atoms with van der Waals surface area (Å²) in [6.07, 6.45) is 1.91.